The van der Waals surface area contributed by atoms with Crippen LogP contribution in [-0.2, 0) is 29.7 Å². The Kier molecular flexibility index (Phi) is 13.9. The summed E-state index contributed by atoms with van der Waals surface area (Å²) in [5, 5.41) is 13.5. The first-order chi connectivity index (χ1) is 8.79. The minimum absolute atomic E-state index is 0. The molecule has 0 spiro atoms. The molecule has 0 bridgehead atoms. The van der Waals surface area contributed by atoms with Gasteiger partial charge < -0.3 is 15.8 Å². The average molecular weight is 430 g/mol. The summed E-state index contributed by atoms with van der Waals surface area (Å²) < 4.78 is 0. The molecular formula is C13H8IrN3O2. The van der Waals surface area contributed by atoms with Crippen LogP contribution >= 0.6 is 0 Å². The van der Waals surface area contributed by atoms with Crippen LogP contribution in [0.2, 0.25) is 0 Å². The quantitative estimate of drug-likeness (QED) is 0.395. The Labute approximate surface area is 124 Å². The maximum atomic E-state index is 8.24. The Morgan fingerprint density at radius 3 is 2.00 bits per heavy atom. The van der Waals surface area contributed by atoms with Crippen LogP contribution in [0.1, 0.15) is 0 Å². The molecule has 0 unspecified atom stereocenters. The van der Waals surface area contributed by atoms with Crippen LogP contribution < -0.4 is 0 Å². The van der Waals surface area contributed by atoms with Crippen molar-refractivity contribution in [2.45, 2.75) is 0 Å². The summed E-state index contributed by atoms with van der Waals surface area (Å²) in [7, 11) is 0. The fourth-order valence-electron chi connectivity index (χ4n) is 1.07. The molecule has 1 aromatic heterocycles. The van der Waals surface area contributed by atoms with Crippen LogP contribution in [-0.4, -0.2) is 17.1 Å². The van der Waals surface area contributed by atoms with E-state index in [2.05, 4.69) is 11.1 Å². The van der Waals surface area contributed by atoms with E-state index in [4.69, 9.17) is 20.4 Å². The molecular weight excluding hydrogens is 422 g/mol. The summed E-state index contributed by atoms with van der Waals surface area (Å²) >= 11 is 0. The van der Waals surface area contributed by atoms with E-state index in [0.29, 0.717) is 12.2 Å². The third-order valence-electron chi connectivity index (χ3n) is 1.65. The second-order valence-electron chi connectivity index (χ2n) is 2.67. The second-order valence-corrected chi connectivity index (χ2v) is 2.67. The zero-order chi connectivity index (χ0) is 13.6. The van der Waals surface area contributed by atoms with Gasteiger partial charge in [-0.2, -0.15) is 0 Å². The van der Waals surface area contributed by atoms with Crippen LogP contribution in [0.5, 0.6) is 0 Å². The Hall–Kier alpha value is -2.22. The van der Waals surface area contributed by atoms with Crippen molar-refractivity contribution in [2.75, 3.05) is 0 Å². The number of benzene rings is 1. The summed E-state index contributed by atoms with van der Waals surface area (Å²) in [5.74, 6) is 0. The maximum Gasteiger partial charge on any atom is 3.00 e. The fraction of sp³-hybridized carbons (Fsp3) is 0. The second kappa shape index (κ2) is 13.8. The molecule has 0 radical (unpaired) electrons. The molecule has 2 rings (SSSR count). The van der Waals surface area contributed by atoms with Crippen LogP contribution in [0, 0.1) is 6.07 Å². The van der Waals surface area contributed by atoms with Gasteiger partial charge in [-0.3, -0.25) is 9.59 Å². The van der Waals surface area contributed by atoms with E-state index in [1.165, 1.54) is 0 Å². The fourth-order valence-corrected chi connectivity index (χ4v) is 1.07. The summed E-state index contributed by atoms with van der Waals surface area (Å²) in [6.07, 6.45) is 2.79. The van der Waals surface area contributed by atoms with Gasteiger partial charge in [0.05, 0.1) is 0 Å². The molecule has 96 valence electrons. The summed E-state index contributed by atoms with van der Waals surface area (Å²) in [5.41, 5.74) is 2.01. The average Bonchev–Trinajstić information content (AvgIpc) is 2.43. The van der Waals surface area contributed by atoms with Crippen LogP contribution in [0.3, 0.4) is 0 Å². The number of isocyanates is 2. The Morgan fingerprint density at radius 2 is 1.58 bits per heavy atom. The van der Waals surface area contributed by atoms with E-state index in [-0.39, 0.29) is 20.1 Å². The van der Waals surface area contributed by atoms with Crippen molar-refractivity contribution in [1.29, 1.82) is 0 Å². The monoisotopic (exact) mass is 431 g/mol. The van der Waals surface area contributed by atoms with Crippen molar-refractivity contribution in [3.8, 4) is 11.3 Å². The van der Waals surface area contributed by atoms with Crippen molar-refractivity contribution in [1.82, 2.24) is 4.98 Å². The molecule has 0 amide bonds. The van der Waals surface area contributed by atoms with Crippen molar-refractivity contribution in [2.24, 2.45) is 0 Å². The number of carbonyl (C=O) groups excluding carboxylic acids is 2. The Bertz CT molecular complexity index is 456. The molecule has 0 saturated carbocycles. The molecule has 0 atom stereocenters. The molecule has 0 aliphatic heterocycles. The zero-order valence-electron chi connectivity index (χ0n) is 9.61. The van der Waals surface area contributed by atoms with Gasteiger partial charge in [0, 0.05) is 6.20 Å². The van der Waals surface area contributed by atoms with E-state index >= 15 is 0 Å². The molecule has 0 saturated heterocycles. The molecule has 6 heteroatoms. The molecule has 0 aliphatic carbocycles. The molecule has 2 aromatic rings. The Balaban J connectivity index is 0. The Morgan fingerprint density at radius 1 is 1.00 bits per heavy atom. The molecule has 0 fully saturated rings. The van der Waals surface area contributed by atoms with Crippen molar-refractivity contribution >= 4 is 12.2 Å². The van der Waals surface area contributed by atoms with Gasteiger partial charge >= 0.3 is 20.1 Å². The summed E-state index contributed by atoms with van der Waals surface area (Å²) in [6.45, 7) is 0. The first-order valence-electron chi connectivity index (χ1n) is 4.70. The van der Waals surface area contributed by atoms with E-state index in [1.54, 1.807) is 6.20 Å². The summed E-state index contributed by atoms with van der Waals surface area (Å²) in [6, 6.07) is 16.8. The number of hydrogen-bond donors (Lipinski definition) is 0. The molecule has 0 N–H and O–H groups in total. The topological polar surface area (TPSA) is 91.6 Å². The number of nitrogens with zero attached hydrogens (tertiary/aromatic N) is 3. The van der Waals surface area contributed by atoms with Gasteiger partial charge in [-0.15, -0.1) is 35.9 Å². The van der Waals surface area contributed by atoms with Crippen LogP contribution in [0.4, 0.5) is 0 Å². The predicted octanol–water partition coefficient (Wildman–Crippen LogP) is 2.33. The third-order valence-corrected chi connectivity index (χ3v) is 1.65. The minimum Gasteiger partial charge on any atom is -0.724 e. The van der Waals surface area contributed by atoms with Gasteiger partial charge in [-0.1, -0.05) is 12.1 Å². The molecule has 19 heavy (non-hydrogen) atoms. The van der Waals surface area contributed by atoms with Gasteiger partial charge in [0.2, 0.25) is 0 Å². The van der Waals surface area contributed by atoms with E-state index in [1.807, 2.05) is 42.5 Å². The first kappa shape index (κ1) is 19.1. The van der Waals surface area contributed by atoms with Crippen molar-refractivity contribution < 1.29 is 29.7 Å². The largest absolute Gasteiger partial charge is 3.00 e. The number of pyridine rings is 1. The predicted molar refractivity (Wildman–Crippen MR) is 66.6 cm³/mol. The third kappa shape index (κ3) is 9.48. The van der Waals surface area contributed by atoms with Gasteiger partial charge in [0.15, 0.2) is 0 Å². The SMILES string of the molecule is [Ir+3].[N-]=C=O.[N-]=C=O.[c-]1ccccc1-c1ccccn1. The zero-order valence-corrected chi connectivity index (χ0v) is 12.0. The van der Waals surface area contributed by atoms with Gasteiger partial charge in [-0.05, 0) is 23.9 Å². The van der Waals surface area contributed by atoms with E-state index < -0.39 is 0 Å². The molecule has 1 heterocycles. The van der Waals surface area contributed by atoms with E-state index in [9.17, 15) is 0 Å². The smallest absolute Gasteiger partial charge is 0.724 e. The standard InChI is InChI=1S/C11H8N.2CNO.Ir/c1-2-6-10(7-3-1)11-8-4-5-9-12-11;2*2-1-3;/h1-6,8-9H;;;/q3*-1;+3. The number of hydrogen-bond acceptors (Lipinski definition) is 3. The van der Waals surface area contributed by atoms with E-state index in [0.717, 1.165) is 11.3 Å². The molecule has 0 aliphatic rings. The first-order valence-corrected chi connectivity index (χ1v) is 4.70. The van der Waals surface area contributed by atoms with Crippen LogP contribution in [0.15, 0.2) is 48.7 Å². The van der Waals surface area contributed by atoms with Crippen molar-refractivity contribution in [3.63, 3.8) is 0 Å². The number of aromatic nitrogens is 1. The summed E-state index contributed by atoms with van der Waals surface area (Å²) in [4.78, 5) is 20.7. The number of rotatable bonds is 1. The van der Waals surface area contributed by atoms with Crippen LogP contribution in [0.25, 0.3) is 22.1 Å². The van der Waals surface area contributed by atoms with Gasteiger partial charge in [0.1, 0.15) is 0 Å². The van der Waals surface area contributed by atoms with Gasteiger partial charge in [0.25, 0.3) is 0 Å². The molecule has 1 aromatic carbocycles. The van der Waals surface area contributed by atoms with Crippen molar-refractivity contribution in [3.05, 3.63) is 65.5 Å². The minimum atomic E-state index is 0. The molecule has 5 nitrogen and oxygen atoms in total. The van der Waals surface area contributed by atoms with Gasteiger partial charge in [-0.25, -0.2) is 0 Å². The normalized spacial score (nSPS) is 6.95. The maximum absolute atomic E-state index is 8.24.